The van der Waals surface area contributed by atoms with Crippen LogP contribution in [-0.2, 0) is 11.3 Å². The lowest BCUT2D eigenvalue weighted by Gasteiger charge is -1.98. The second-order valence-electron chi connectivity index (χ2n) is 3.51. The van der Waals surface area contributed by atoms with Crippen LogP contribution in [0.15, 0.2) is 24.4 Å². The molecule has 0 spiro atoms. The Morgan fingerprint density at radius 2 is 2.33 bits per heavy atom. The Bertz CT molecular complexity index is 450. The molecule has 0 fully saturated rings. The Kier molecular flexibility index (Phi) is 3.01. The van der Waals surface area contributed by atoms with E-state index in [9.17, 15) is 0 Å². The molecule has 0 unspecified atom stereocenters. The molecule has 0 aliphatic rings. The lowest BCUT2D eigenvalue weighted by atomic mass is 10.1. The Morgan fingerprint density at radius 1 is 1.47 bits per heavy atom. The molecule has 0 radical (unpaired) electrons. The minimum Gasteiger partial charge on any atom is -0.361 e. The van der Waals surface area contributed by atoms with Gasteiger partial charge in [-0.3, -0.25) is 0 Å². The summed E-state index contributed by atoms with van der Waals surface area (Å²) in [7, 11) is 1.65. The highest BCUT2D eigenvalue weighted by Gasteiger charge is 2.05. The SMILES string of the molecule is CO[NH2+]c1ccc2[nH]cc(CCN)c2c1. The zero-order valence-electron chi connectivity index (χ0n) is 8.79. The highest BCUT2D eigenvalue weighted by molar-refractivity contribution is 5.85. The fourth-order valence-electron chi connectivity index (χ4n) is 1.77. The first-order valence-electron chi connectivity index (χ1n) is 5.01. The molecule has 0 aliphatic carbocycles. The summed E-state index contributed by atoms with van der Waals surface area (Å²) in [4.78, 5) is 8.23. The number of aromatic amines is 1. The number of benzene rings is 1. The maximum Gasteiger partial charge on any atom is 0.162 e. The van der Waals surface area contributed by atoms with Crippen molar-refractivity contribution in [2.24, 2.45) is 5.73 Å². The van der Waals surface area contributed by atoms with Crippen molar-refractivity contribution in [3.05, 3.63) is 30.0 Å². The normalized spacial score (nSPS) is 11.1. The fraction of sp³-hybridized carbons (Fsp3) is 0.273. The molecule has 1 aromatic carbocycles. The van der Waals surface area contributed by atoms with Crippen molar-refractivity contribution in [1.82, 2.24) is 4.98 Å². The van der Waals surface area contributed by atoms with Gasteiger partial charge in [-0.15, -0.1) is 0 Å². The van der Waals surface area contributed by atoms with Gasteiger partial charge in [-0.25, -0.2) is 4.84 Å². The number of hydrogen-bond acceptors (Lipinski definition) is 2. The highest BCUT2D eigenvalue weighted by atomic mass is 16.6. The van der Waals surface area contributed by atoms with E-state index in [2.05, 4.69) is 17.1 Å². The number of H-pyrrole nitrogens is 1. The maximum absolute atomic E-state index is 5.56. The summed E-state index contributed by atoms with van der Waals surface area (Å²) >= 11 is 0. The van der Waals surface area contributed by atoms with Crippen LogP contribution in [0, 0.1) is 0 Å². The smallest absolute Gasteiger partial charge is 0.162 e. The summed E-state index contributed by atoms with van der Waals surface area (Å²) in [5.41, 5.74) is 10.8. The van der Waals surface area contributed by atoms with E-state index in [1.165, 1.54) is 10.9 Å². The van der Waals surface area contributed by atoms with Crippen molar-refractivity contribution in [3.8, 4) is 0 Å². The second-order valence-corrected chi connectivity index (χ2v) is 3.51. The predicted octanol–water partition coefficient (Wildman–Crippen LogP) is 0.425. The van der Waals surface area contributed by atoms with E-state index in [-0.39, 0.29) is 0 Å². The van der Waals surface area contributed by atoms with Gasteiger partial charge >= 0.3 is 0 Å². The number of nitrogens with two attached hydrogens (primary N) is 2. The number of quaternary nitrogens is 1. The van der Waals surface area contributed by atoms with E-state index >= 15 is 0 Å². The number of hydrogen-bond donors (Lipinski definition) is 3. The molecule has 2 aromatic rings. The molecule has 0 saturated carbocycles. The Balaban J connectivity index is 2.42. The Labute approximate surface area is 88.4 Å². The molecular weight excluding hydrogens is 190 g/mol. The van der Waals surface area contributed by atoms with Crippen molar-refractivity contribution in [1.29, 1.82) is 0 Å². The van der Waals surface area contributed by atoms with Gasteiger partial charge < -0.3 is 10.7 Å². The standard InChI is InChI=1S/C11H15N3O/c1-15-14-9-2-3-11-10(6-9)8(4-5-12)7-13-11/h2-3,6-7,13-14H,4-5,12H2,1H3/p+1. The van der Waals surface area contributed by atoms with Gasteiger partial charge in [0.05, 0.1) is 7.11 Å². The summed E-state index contributed by atoms with van der Waals surface area (Å²) in [6, 6.07) is 6.19. The van der Waals surface area contributed by atoms with Crippen LogP contribution in [-0.4, -0.2) is 18.6 Å². The first-order valence-corrected chi connectivity index (χ1v) is 5.01. The average Bonchev–Trinajstić information content (AvgIpc) is 2.63. The summed E-state index contributed by atoms with van der Waals surface area (Å²) in [6.07, 6.45) is 2.92. The van der Waals surface area contributed by atoms with Gasteiger partial charge in [-0.1, -0.05) is 0 Å². The van der Waals surface area contributed by atoms with Crippen molar-refractivity contribution in [3.63, 3.8) is 0 Å². The van der Waals surface area contributed by atoms with Crippen LogP contribution in [0.25, 0.3) is 10.9 Å². The van der Waals surface area contributed by atoms with E-state index in [0.29, 0.717) is 6.54 Å². The zero-order valence-corrected chi connectivity index (χ0v) is 8.79. The van der Waals surface area contributed by atoms with Gasteiger partial charge in [-0.05, 0) is 24.6 Å². The van der Waals surface area contributed by atoms with Crippen LogP contribution in [0.4, 0.5) is 5.69 Å². The third-order valence-electron chi connectivity index (χ3n) is 2.46. The van der Waals surface area contributed by atoms with Crippen molar-refractivity contribution >= 4 is 16.6 Å². The van der Waals surface area contributed by atoms with Crippen LogP contribution in [0.2, 0.25) is 0 Å². The first kappa shape index (κ1) is 10.2. The molecule has 1 heterocycles. The van der Waals surface area contributed by atoms with E-state index in [1.807, 2.05) is 12.3 Å². The lowest BCUT2D eigenvalue weighted by molar-refractivity contribution is -0.830. The summed E-state index contributed by atoms with van der Waals surface area (Å²) in [6.45, 7) is 0.672. The molecule has 4 heteroatoms. The molecule has 0 aliphatic heterocycles. The molecule has 15 heavy (non-hydrogen) atoms. The first-order chi connectivity index (χ1) is 7.35. The summed E-state index contributed by atoms with van der Waals surface area (Å²) < 4.78 is 0. The fourth-order valence-corrected chi connectivity index (χ4v) is 1.77. The minimum atomic E-state index is 0.672. The molecule has 0 bridgehead atoms. The van der Waals surface area contributed by atoms with Crippen LogP contribution in [0.1, 0.15) is 5.56 Å². The predicted molar refractivity (Wildman–Crippen MR) is 59.7 cm³/mol. The second kappa shape index (κ2) is 4.44. The van der Waals surface area contributed by atoms with Gasteiger partial charge in [0.15, 0.2) is 5.69 Å². The number of nitrogens with one attached hydrogen (secondary N) is 1. The largest absolute Gasteiger partial charge is 0.361 e. The van der Waals surface area contributed by atoms with Gasteiger partial charge in [-0.2, -0.15) is 5.48 Å². The highest BCUT2D eigenvalue weighted by Crippen LogP contribution is 2.20. The maximum atomic E-state index is 5.56. The molecule has 1 aromatic heterocycles. The molecule has 4 nitrogen and oxygen atoms in total. The molecule has 0 amide bonds. The monoisotopic (exact) mass is 206 g/mol. The lowest BCUT2D eigenvalue weighted by Crippen LogP contribution is -2.75. The van der Waals surface area contributed by atoms with Crippen molar-refractivity contribution < 1.29 is 10.3 Å². The van der Waals surface area contributed by atoms with Crippen LogP contribution < -0.4 is 11.2 Å². The van der Waals surface area contributed by atoms with E-state index in [1.54, 1.807) is 12.6 Å². The van der Waals surface area contributed by atoms with Crippen molar-refractivity contribution in [2.45, 2.75) is 6.42 Å². The summed E-state index contributed by atoms with van der Waals surface area (Å²) in [5.74, 6) is 0. The van der Waals surface area contributed by atoms with Crippen LogP contribution in [0.3, 0.4) is 0 Å². The van der Waals surface area contributed by atoms with E-state index in [0.717, 1.165) is 17.6 Å². The third kappa shape index (κ3) is 2.02. The minimum absolute atomic E-state index is 0.672. The summed E-state index contributed by atoms with van der Waals surface area (Å²) in [5, 5.41) is 1.23. The van der Waals surface area contributed by atoms with Crippen LogP contribution in [0.5, 0.6) is 0 Å². The van der Waals surface area contributed by atoms with E-state index in [4.69, 9.17) is 10.6 Å². The van der Waals surface area contributed by atoms with Gasteiger partial charge in [0.2, 0.25) is 0 Å². The zero-order chi connectivity index (χ0) is 10.7. The van der Waals surface area contributed by atoms with E-state index < -0.39 is 0 Å². The average molecular weight is 206 g/mol. The number of rotatable bonds is 4. The topological polar surface area (TPSA) is 67.6 Å². The Morgan fingerprint density at radius 3 is 3.07 bits per heavy atom. The Hall–Kier alpha value is -1.36. The number of fused-ring (bicyclic) bond motifs is 1. The molecule has 80 valence electrons. The molecule has 5 N–H and O–H groups in total. The molecule has 0 saturated heterocycles. The molecule has 0 atom stereocenters. The van der Waals surface area contributed by atoms with Gasteiger partial charge in [0, 0.05) is 29.2 Å². The van der Waals surface area contributed by atoms with Gasteiger partial charge in [0.1, 0.15) is 0 Å². The van der Waals surface area contributed by atoms with Crippen LogP contribution >= 0.6 is 0 Å². The molecular formula is C11H16N3O+. The third-order valence-corrected chi connectivity index (χ3v) is 2.46. The van der Waals surface area contributed by atoms with Crippen molar-refractivity contribution in [2.75, 3.05) is 13.7 Å². The number of aromatic nitrogens is 1. The quantitative estimate of drug-likeness (QED) is 0.501. The molecule has 2 rings (SSSR count). The van der Waals surface area contributed by atoms with Gasteiger partial charge in [0.25, 0.3) is 0 Å².